The van der Waals surface area contributed by atoms with E-state index in [-0.39, 0.29) is 12.5 Å². The molecule has 0 aliphatic carbocycles. The lowest BCUT2D eigenvalue weighted by molar-refractivity contribution is -0.157. The van der Waals surface area contributed by atoms with Crippen molar-refractivity contribution in [1.29, 1.82) is 0 Å². The van der Waals surface area contributed by atoms with E-state index in [1.807, 2.05) is 32.0 Å². The number of hydrogen-bond acceptors (Lipinski definition) is 4. The van der Waals surface area contributed by atoms with Gasteiger partial charge in [-0.15, -0.1) is 0 Å². The Hall–Kier alpha value is -2.82. The Kier molecular flexibility index (Phi) is 5.95. The number of carbonyl (C=O) groups excluding carboxylic acids is 2. The molecule has 0 aliphatic heterocycles. The van der Waals surface area contributed by atoms with Gasteiger partial charge in [0.1, 0.15) is 5.75 Å². The first-order chi connectivity index (χ1) is 11.5. The van der Waals surface area contributed by atoms with Crippen LogP contribution >= 0.6 is 0 Å². The summed E-state index contributed by atoms with van der Waals surface area (Å²) >= 11 is 0. The van der Waals surface area contributed by atoms with Gasteiger partial charge in [0.15, 0.2) is 6.61 Å². The number of hydrogen-bond donors (Lipinski definition) is 1. The highest BCUT2D eigenvalue weighted by molar-refractivity contribution is 5.83. The van der Waals surface area contributed by atoms with Crippen molar-refractivity contribution in [1.82, 2.24) is 0 Å². The maximum Gasteiger partial charge on any atom is 0.345 e. The number of ether oxygens (including phenoxy) is 2. The first-order valence-corrected chi connectivity index (χ1v) is 7.74. The molecular weight excluding hydrogens is 306 g/mol. The summed E-state index contributed by atoms with van der Waals surface area (Å²) in [5.41, 5.74) is 6.86. The summed E-state index contributed by atoms with van der Waals surface area (Å²) in [6.07, 6.45) is -1.12. The molecule has 1 atom stereocenters. The van der Waals surface area contributed by atoms with Crippen LogP contribution in [-0.2, 0) is 14.3 Å². The Morgan fingerprint density at radius 1 is 1.00 bits per heavy atom. The van der Waals surface area contributed by atoms with Crippen LogP contribution in [0.2, 0.25) is 0 Å². The summed E-state index contributed by atoms with van der Waals surface area (Å²) in [5, 5.41) is 0. The van der Waals surface area contributed by atoms with E-state index in [0.717, 1.165) is 5.56 Å². The van der Waals surface area contributed by atoms with Crippen molar-refractivity contribution in [2.45, 2.75) is 25.9 Å². The SMILES string of the molecule is CC(C)c1ccccc1OCC(=O)O[C@@H](C(N)=O)c1ccccc1. The average molecular weight is 327 g/mol. The van der Waals surface area contributed by atoms with Gasteiger partial charge in [-0.05, 0) is 17.5 Å². The van der Waals surface area contributed by atoms with Crippen molar-refractivity contribution in [2.75, 3.05) is 6.61 Å². The molecule has 0 unspecified atom stereocenters. The molecule has 0 radical (unpaired) electrons. The second-order valence-electron chi connectivity index (χ2n) is 5.66. The first-order valence-electron chi connectivity index (χ1n) is 7.74. The van der Waals surface area contributed by atoms with Crippen LogP contribution in [0.1, 0.15) is 37.0 Å². The Morgan fingerprint density at radius 2 is 1.62 bits per heavy atom. The lowest BCUT2D eigenvalue weighted by Gasteiger charge is -2.16. The summed E-state index contributed by atoms with van der Waals surface area (Å²) < 4.78 is 10.7. The van der Waals surface area contributed by atoms with E-state index in [1.54, 1.807) is 36.4 Å². The van der Waals surface area contributed by atoms with Crippen molar-refractivity contribution in [2.24, 2.45) is 5.73 Å². The highest BCUT2D eigenvalue weighted by Gasteiger charge is 2.22. The highest BCUT2D eigenvalue weighted by Crippen LogP contribution is 2.26. The van der Waals surface area contributed by atoms with Crippen molar-refractivity contribution >= 4 is 11.9 Å². The second-order valence-corrected chi connectivity index (χ2v) is 5.66. The predicted octanol–water partition coefficient (Wildman–Crippen LogP) is 2.96. The molecule has 2 aromatic carbocycles. The fourth-order valence-electron chi connectivity index (χ4n) is 2.31. The molecule has 0 spiro atoms. The number of primary amides is 1. The summed E-state index contributed by atoms with van der Waals surface area (Å²) in [7, 11) is 0. The Bertz CT molecular complexity index is 698. The molecule has 0 saturated carbocycles. The Morgan fingerprint density at radius 3 is 2.25 bits per heavy atom. The Balaban J connectivity index is 2.01. The van der Waals surface area contributed by atoms with Gasteiger partial charge in [0.25, 0.3) is 5.91 Å². The standard InChI is InChI=1S/C19H21NO4/c1-13(2)15-10-6-7-11-16(15)23-12-17(21)24-18(19(20)22)14-8-4-3-5-9-14/h3-11,13,18H,12H2,1-2H3,(H2,20,22)/t18-/m1/s1. The number of carbonyl (C=O) groups is 2. The van der Waals surface area contributed by atoms with Crippen LogP contribution < -0.4 is 10.5 Å². The molecule has 1 amide bonds. The number of benzene rings is 2. The molecule has 0 aromatic heterocycles. The van der Waals surface area contributed by atoms with E-state index in [4.69, 9.17) is 15.2 Å². The average Bonchev–Trinajstić information content (AvgIpc) is 2.58. The number of amides is 1. The minimum absolute atomic E-state index is 0.264. The zero-order valence-corrected chi connectivity index (χ0v) is 13.8. The molecule has 0 aliphatic rings. The van der Waals surface area contributed by atoms with Crippen LogP contribution in [0, 0.1) is 0 Å². The predicted molar refractivity (Wildman–Crippen MR) is 90.5 cm³/mol. The quantitative estimate of drug-likeness (QED) is 0.793. The van der Waals surface area contributed by atoms with E-state index < -0.39 is 18.0 Å². The maximum absolute atomic E-state index is 12.0. The van der Waals surface area contributed by atoms with Crippen molar-refractivity contribution in [3.63, 3.8) is 0 Å². The highest BCUT2D eigenvalue weighted by atomic mass is 16.6. The van der Waals surface area contributed by atoms with Crippen molar-refractivity contribution in [3.05, 3.63) is 65.7 Å². The molecule has 0 heterocycles. The normalized spacial score (nSPS) is 11.8. The summed E-state index contributed by atoms with van der Waals surface area (Å²) in [5.74, 6) is -0.488. The van der Waals surface area contributed by atoms with Gasteiger partial charge in [-0.3, -0.25) is 4.79 Å². The molecular formula is C19H21NO4. The van der Waals surface area contributed by atoms with Crippen molar-refractivity contribution in [3.8, 4) is 5.75 Å². The van der Waals surface area contributed by atoms with E-state index in [2.05, 4.69) is 0 Å². The number of nitrogens with two attached hydrogens (primary N) is 1. The van der Waals surface area contributed by atoms with Gasteiger partial charge < -0.3 is 15.2 Å². The fraction of sp³-hybridized carbons (Fsp3) is 0.263. The van der Waals surface area contributed by atoms with Gasteiger partial charge >= 0.3 is 5.97 Å². The molecule has 5 heteroatoms. The smallest absolute Gasteiger partial charge is 0.345 e. The van der Waals surface area contributed by atoms with E-state index in [9.17, 15) is 9.59 Å². The minimum Gasteiger partial charge on any atom is -0.482 e. The first kappa shape index (κ1) is 17.5. The van der Waals surface area contributed by atoms with Gasteiger partial charge in [0.2, 0.25) is 6.10 Å². The minimum atomic E-state index is -1.12. The van der Waals surface area contributed by atoms with Gasteiger partial charge in [-0.25, -0.2) is 4.79 Å². The molecule has 5 nitrogen and oxygen atoms in total. The topological polar surface area (TPSA) is 78.6 Å². The number of para-hydroxylation sites is 1. The zero-order chi connectivity index (χ0) is 17.5. The van der Waals surface area contributed by atoms with Crippen molar-refractivity contribution < 1.29 is 19.1 Å². The third-order valence-corrected chi connectivity index (χ3v) is 3.50. The third kappa shape index (κ3) is 4.59. The number of esters is 1. The van der Waals surface area contributed by atoms with Crippen LogP contribution in [0.5, 0.6) is 5.75 Å². The maximum atomic E-state index is 12.0. The lowest BCUT2D eigenvalue weighted by Crippen LogP contribution is -2.28. The van der Waals surface area contributed by atoms with Crippen LogP contribution in [0.25, 0.3) is 0 Å². The lowest BCUT2D eigenvalue weighted by atomic mass is 10.0. The van der Waals surface area contributed by atoms with Crippen LogP contribution in [0.4, 0.5) is 0 Å². The van der Waals surface area contributed by atoms with E-state index in [1.165, 1.54) is 0 Å². The van der Waals surface area contributed by atoms with Crippen LogP contribution in [0.3, 0.4) is 0 Å². The van der Waals surface area contributed by atoms with Gasteiger partial charge in [0, 0.05) is 5.56 Å². The zero-order valence-electron chi connectivity index (χ0n) is 13.8. The monoisotopic (exact) mass is 327 g/mol. The molecule has 0 saturated heterocycles. The molecule has 24 heavy (non-hydrogen) atoms. The summed E-state index contributed by atoms with van der Waals surface area (Å²) in [4.78, 5) is 23.6. The molecule has 0 fully saturated rings. The Labute approximate surface area is 141 Å². The number of rotatable bonds is 7. The van der Waals surface area contributed by atoms with Gasteiger partial charge in [-0.1, -0.05) is 62.4 Å². The van der Waals surface area contributed by atoms with E-state index in [0.29, 0.717) is 11.3 Å². The molecule has 2 aromatic rings. The van der Waals surface area contributed by atoms with Gasteiger partial charge in [-0.2, -0.15) is 0 Å². The molecule has 2 N–H and O–H groups in total. The van der Waals surface area contributed by atoms with Crippen LogP contribution in [0.15, 0.2) is 54.6 Å². The summed E-state index contributed by atoms with van der Waals surface area (Å²) in [6, 6.07) is 16.1. The molecule has 126 valence electrons. The third-order valence-electron chi connectivity index (χ3n) is 3.50. The van der Waals surface area contributed by atoms with Gasteiger partial charge in [0.05, 0.1) is 0 Å². The largest absolute Gasteiger partial charge is 0.482 e. The fourth-order valence-corrected chi connectivity index (χ4v) is 2.31. The van der Waals surface area contributed by atoms with E-state index >= 15 is 0 Å². The second kappa shape index (κ2) is 8.15. The molecule has 0 bridgehead atoms. The molecule has 2 rings (SSSR count). The van der Waals surface area contributed by atoms with Crippen LogP contribution in [-0.4, -0.2) is 18.5 Å². The summed E-state index contributed by atoms with van der Waals surface area (Å²) in [6.45, 7) is 3.79.